The van der Waals surface area contributed by atoms with Crippen LogP contribution >= 0.6 is 0 Å². The molecule has 7 nitrogen and oxygen atoms in total. The van der Waals surface area contributed by atoms with Crippen molar-refractivity contribution in [3.8, 4) is 28.4 Å². The first-order valence-corrected chi connectivity index (χ1v) is 13.5. The summed E-state index contributed by atoms with van der Waals surface area (Å²) in [6, 6.07) is 16.7. The minimum absolute atomic E-state index is 0.0216. The van der Waals surface area contributed by atoms with E-state index in [-0.39, 0.29) is 18.0 Å². The lowest BCUT2D eigenvalue weighted by molar-refractivity contribution is -0.119. The van der Waals surface area contributed by atoms with E-state index in [0.717, 1.165) is 22.9 Å². The second-order valence-corrected chi connectivity index (χ2v) is 10.0. The molecule has 36 heavy (non-hydrogen) atoms. The van der Waals surface area contributed by atoms with Gasteiger partial charge in [-0.05, 0) is 53.8 Å². The highest BCUT2D eigenvalue weighted by Crippen LogP contribution is 2.36. The van der Waals surface area contributed by atoms with Gasteiger partial charge in [-0.1, -0.05) is 37.3 Å². The molecule has 192 valence electrons. The molecule has 0 saturated heterocycles. The van der Waals surface area contributed by atoms with E-state index >= 15 is 0 Å². The number of amides is 1. The molecular weight excluding hydrogens is 485 g/mol. The van der Waals surface area contributed by atoms with Crippen molar-refractivity contribution in [1.29, 1.82) is 0 Å². The average molecular weight is 516 g/mol. The quantitative estimate of drug-likeness (QED) is 0.342. The van der Waals surface area contributed by atoms with Crippen molar-refractivity contribution in [3.63, 3.8) is 0 Å². The smallest absolute Gasteiger partial charge is 0.233 e. The molecule has 0 aliphatic heterocycles. The normalized spacial score (nSPS) is 11.2. The summed E-state index contributed by atoms with van der Waals surface area (Å²) in [5, 5.41) is 10.5. The van der Waals surface area contributed by atoms with E-state index in [9.17, 15) is 22.7 Å². The van der Waals surface area contributed by atoms with Crippen molar-refractivity contribution in [2.45, 2.75) is 32.6 Å². The highest BCUT2D eigenvalue weighted by Gasteiger charge is 2.13. The number of benzene rings is 3. The molecule has 0 atom stereocenters. The number of hydrogen-bond donors (Lipinski definition) is 2. The third-order valence-corrected chi connectivity index (χ3v) is 6.01. The van der Waals surface area contributed by atoms with Gasteiger partial charge in [-0.3, -0.25) is 9.52 Å². The third-order valence-electron chi connectivity index (χ3n) is 5.41. The Labute approximate surface area is 210 Å². The minimum atomic E-state index is -3.58. The zero-order valence-electron chi connectivity index (χ0n) is 20.3. The van der Waals surface area contributed by atoms with Gasteiger partial charge in [-0.25, -0.2) is 12.8 Å². The van der Waals surface area contributed by atoms with Crippen LogP contribution in [0.1, 0.15) is 30.9 Å². The first-order valence-electron chi connectivity index (χ1n) is 11.6. The zero-order chi connectivity index (χ0) is 26.1. The summed E-state index contributed by atoms with van der Waals surface area (Å²) in [7, 11) is -3.58. The van der Waals surface area contributed by atoms with Crippen molar-refractivity contribution in [3.05, 3.63) is 77.6 Å². The highest BCUT2D eigenvalue weighted by atomic mass is 32.2. The molecule has 0 fully saturated rings. The molecule has 3 aromatic rings. The van der Waals surface area contributed by atoms with E-state index in [1.54, 1.807) is 24.3 Å². The lowest BCUT2D eigenvalue weighted by atomic mass is 10.00. The number of phenols is 1. The van der Waals surface area contributed by atoms with Crippen LogP contribution in [0.2, 0.25) is 0 Å². The molecule has 2 N–H and O–H groups in total. The Balaban J connectivity index is 1.53. The molecule has 3 aromatic carbocycles. The van der Waals surface area contributed by atoms with E-state index in [1.165, 1.54) is 12.1 Å². The number of halogens is 1. The number of aromatic hydroxyl groups is 1. The van der Waals surface area contributed by atoms with Gasteiger partial charge < -0.3 is 14.6 Å². The second kappa shape index (κ2) is 12.4. The lowest BCUT2D eigenvalue weighted by Crippen LogP contribution is -2.29. The molecular formula is C27H30FNO6S. The van der Waals surface area contributed by atoms with Crippen molar-refractivity contribution in [1.82, 2.24) is 4.72 Å². The molecule has 0 aliphatic carbocycles. The van der Waals surface area contributed by atoms with Crippen LogP contribution in [0.15, 0.2) is 60.7 Å². The van der Waals surface area contributed by atoms with E-state index < -0.39 is 15.9 Å². The van der Waals surface area contributed by atoms with Crippen LogP contribution in [-0.4, -0.2) is 38.9 Å². The Morgan fingerprint density at radius 2 is 1.64 bits per heavy atom. The van der Waals surface area contributed by atoms with Gasteiger partial charge >= 0.3 is 0 Å². The number of nitrogens with one attached hydrogen (secondary N) is 1. The number of hydrogen-bond acceptors (Lipinski definition) is 6. The molecule has 0 aromatic heterocycles. The fourth-order valence-corrected chi connectivity index (χ4v) is 4.18. The molecule has 3 rings (SSSR count). The number of para-hydroxylation sites is 1. The maximum absolute atomic E-state index is 13.2. The topological polar surface area (TPSA) is 102 Å². The molecule has 0 unspecified atom stereocenters. The SMILES string of the molecule is CCc1cc(-c2ccc(F)cc2)c(O)cc1OCCCOc1ccccc1CCC(=O)NS(C)(=O)=O. The van der Waals surface area contributed by atoms with Gasteiger partial charge in [0.05, 0.1) is 19.5 Å². The molecule has 0 aliphatic rings. The Morgan fingerprint density at radius 1 is 0.972 bits per heavy atom. The molecule has 0 radical (unpaired) electrons. The van der Waals surface area contributed by atoms with Crippen LogP contribution < -0.4 is 14.2 Å². The summed E-state index contributed by atoms with van der Waals surface area (Å²) in [6.07, 6.45) is 2.57. The molecule has 9 heteroatoms. The Kier molecular flexibility index (Phi) is 9.30. The van der Waals surface area contributed by atoms with Gasteiger partial charge in [0.1, 0.15) is 23.1 Å². The van der Waals surface area contributed by atoms with E-state index in [1.807, 2.05) is 35.9 Å². The van der Waals surface area contributed by atoms with Crippen molar-refractivity contribution < 1.29 is 32.2 Å². The van der Waals surface area contributed by atoms with Crippen molar-refractivity contribution in [2.75, 3.05) is 19.5 Å². The molecule has 0 spiro atoms. The summed E-state index contributed by atoms with van der Waals surface area (Å²) < 4.78 is 49.3. The molecule has 0 heterocycles. The van der Waals surface area contributed by atoms with Gasteiger partial charge in [0.15, 0.2) is 0 Å². The summed E-state index contributed by atoms with van der Waals surface area (Å²) >= 11 is 0. The lowest BCUT2D eigenvalue weighted by Gasteiger charge is -2.15. The monoisotopic (exact) mass is 515 g/mol. The maximum atomic E-state index is 13.2. The van der Waals surface area contributed by atoms with E-state index in [2.05, 4.69) is 0 Å². The van der Waals surface area contributed by atoms with Crippen LogP contribution in [0.25, 0.3) is 11.1 Å². The fourth-order valence-electron chi connectivity index (χ4n) is 3.67. The number of rotatable bonds is 12. The molecule has 0 bridgehead atoms. The first-order chi connectivity index (χ1) is 17.2. The largest absolute Gasteiger partial charge is 0.507 e. The summed E-state index contributed by atoms with van der Waals surface area (Å²) in [4.78, 5) is 11.8. The Bertz CT molecular complexity index is 1290. The number of phenolic OH excluding ortho intramolecular Hbond substituents is 1. The standard InChI is InChI=1S/C27H30FNO6S/c1-3-19-17-23(20-9-12-22(28)13-10-20)24(30)18-26(19)35-16-6-15-34-25-8-5-4-7-21(25)11-14-27(31)29-36(2,32)33/h4-5,7-10,12-13,17-18,30H,3,6,11,14-16H2,1-2H3,(H,29,31). The van der Waals surface area contributed by atoms with E-state index in [0.29, 0.717) is 49.5 Å². The van der Waals surface area contributed by atoms with Gasteiger partial charge in [0.2, 0.25) is 15.9 Å². The van der Waals surface area contributed by atoms with Gasteiger partial charge in [-0.2, -0.15) is 0 Å². The maximum Gasteiger partial charge on any atom is 0.233 e. The number of carbonyl (C=O) groups is 1. The predicted molar refractivity (Wildman–Crippen MR) is 136 cm³/mol. The van der Waals surface area contributed by atoms with Crippen molar-refractivity contribution in [2.24, 2.45) is 0 Å². The van der Waals surface area contributed by atoms with Gasteiger partial charge in [0, 0.05) is 24.5 Å². The average Bonchev–Trinajstić information content (AvgIpc) is 2.83. The van der Waals surface area contributed by atoms with Crippen LogP contribution in [0.4, 0.5) is 4.39 Å². The Morgan fingerprint density at radius 3 is 2.31 bits per heavy atom. The minimum Gasteiger partial charge on any atom is -0.507 e. The second-order valence-electron chi connectivity index (χ2n) is 8.29. The van der Waals surface area contributed by atoms with Gasteiger partial charge in [0.25, 0.3) is 0 Å². The zero-order valence-corrected chi connectivity index (χ0v) is 21.1. The fraction of sp³-hybridized carbons (Fsp3) is 0.296. The van der Waals surface area contributed by atoms with Crippen LogP contribution in [0.5, 0.6) is 17.2 Å². The highest BCUT2D eigenvalue weighted by molar-refractivity contribution is 7.89. The number of carbonyl (C=O) groups excluding carboxylic acids is 1. The van der Waals surface area contributed by atoms with Crippen LogP contribution in [-0.2, 0) is 27.7 Å². The summed E-state index contributed by atoms with van der Waals surface area (Å²) in [5.74, 6) is 0.356. The van der Waals surface area contributed by atoms with Gasteiger partial charge in [-0.15, -0.1) is 0 Å². The van der Waals surface area contributed by atoms with Crippen molar-refractivity contribution >= 4 is 15.9 Å². The molecule has 1 amide bonds. The Hall–Kier alpha value is -3.59. The van der Waals surface area contributed by atoms with E-state index in [4.69, 9.17) is 9.47 Å². The van der Waals surface area contributed by atoms with Crippen LogP contribution in [0.3, 0.4) is 0 Å². The summed E-state index contributed by atoms with van der Waals surface area (Å²) in [5.41, 5.74) is 3.06. The predicted octanol–water partition coefficient (Wildman–Crippen LogP) is 4.62. The third kappa shape index (κ3) is 7.98. The molecule has 0 saturated carbocycles. The number of ether oxygens (including phenoxy) is 2. The summed E-state index contributed by atoms with van der Waals surface area (Å²) in [6.45, 7) is 2.72. The van der Waals surface area contributed by atoms with Crippen LogP contribution in [0, 0.1) is 5.82 Å². The first kappa shape index (κ1) is 27.0. The number of sulfonamides is 1. The number of aryl methyl sites for hydroxylation is 2.